The third-order valence-corrected chi connectivity index (χ3v) is 4.12. The van der Waals surface area contributed by atoms with Crippen LogP contribution in [0.3, 0.4) is 0 Å². The first-order valence-electron chi connectivity index (χ1n) is 8.72. The van der Waals surface area contributed by atoms with Gasteiger partial charge in [0.05, 0.1) is 25.9 Å². The number of nitrogens with one attached hydrogen (secondary N) is 1. The van der Waals surface area contributed by atoms with E-state index in [9.17, 15) is 9.59 Å². The van der Waals surface area contributed by atoms with Crippen molar-refractivity contribution in [1.82, 2.24) is 0 Å². The lowest BCUT2D eigenvalue weighted by Crippen LogP contribution is -2.05. The summed E-state index contributed by atoms with van der Waals surface area (Å²) in [5, 5.41) is 2.79. The first-order valence-corrected chi connectivity index (χ1v) is 8.72. The number of carbonyl (C=O) groups excluding carboxylic acids is 2. The van der Waals surface area contributed by atoms with Crippen molar-refractivity contribution in [2.75, 3.05) is 25.6 Å². The molecule has 1 aliphatic heterocycles. The molecule has 0 saturated heterocycles. The molecule has 0 unspecified atom stereocenters. The van der Waals surface area contributed by atoms with E-state index in [-0.39, 0.29) is 5.91 Å². The number of hydrogen-bond donors (Lipinski definition) is 1. The van der Waals surface area contributed by atoms with E-state index in [0.29, 0.717) is 41.5 Å². The van der Waals surface area contributed by atoms with Crippen LogP contribution in [0, 0.1) is 0 Å². The van der Waals surface area contributed by atoms with Gasteiger partial charge in [0.15, 0.2) is 0 Å². The Morgan fingerprint density at radius 2 is 1.85 bits per heavy atom. The average molecular weight is 367 g/mol. The molecule has 3 rings (SSSR count). The Hall–Kier alpha value is -3.28. The minimum atomic E-state index is -0.451. The van der Waals surface area contributed by atoms with Gasteiger partial charge in [-0.3, -0.25) is 4.79 Å². The van der Waals surface area contributed by atoms with E-state index in [0.717, 1.165) is 11.1 Å². The topological polar surface area (TPSA) is 73.9 Å². The van der Waals surface area contributed by atoms with E-state index in [1.54, 1.807) is 24.3 Å². The normalized spacial score (nSPS) is 13.9. The fourth-order valence-electron chi connectivity index (χ4n) is 2.92. The van der Waals surface area contributed by atoms with Crippen LogP contribution in [0.15, 0.2) is 36.4 Å². The van der Waals surface area contributed by atoms with Crippen molar-refractivity contribution in [3.8, 4) is 11.5 Å². The Morgan fingerprint density at radius 1 is 1.07 bits per heavy atom. The molecule has 1 amide bonds. The summed E-state index contributed by atoms with van der Waals surface area (Å²) < 4.78 is 16.0. The second-order valence-corrected chi connectivity index (χ2v) is 5.83. The number of anilines is 1. The van der Waals surface area contributed by atoms with Gasteiger partial charge in [0.2, 0.25) is 0 Å². The smallest absolute Gasteiger partial charge is 0.337 e. The van der Waals surface area contributed by atoms with Crippen LogP contribution >= 0.6 is 0 Å². The van der Waals surface area contributed by atoms with Gasteiger partial charge in [-0.15, -0.1) is 0 Å². The molecule has 1 aliphatic rings. The molecule has 0 aliphatic carbocycles. The molecule has 0 spiro atoms. The molecule has 1 heterocycles. The maximum atomic E-state index is 12.5. The second-order valence-electron chi connectivity index (χ2n) is 5.83. The quantitative estimate of drug-likeness (QED) is 0.622. The highest BCUT2D eigenvalue weighted by Gasteiger charge is 2.25. The minimum absolute atomic E-state index is 0.240. The van der Waals surface area contributed by atoms with Crippen LogP contribution in [0.2, 0.25) is 0 Å². The van der Waals surface area contributed by atoms with Crippen LogP contribution < -0.4 is 14.8 Å². The number of amides is 1. The van der Waals surface area contributed by atoms with Gasteiger partial charge in [-0.25, -0.2) is 4.79 Å². The number of carbonyl (C=O) groups is 2. The molecule has 6 heteroatoms. The first-order chi connectivity index (χ1) is 13.1. The number of rotatable bonds is 6. The summed E-state index contributed by atoms with van der Waals surface area (Å²) in [5.41, 5.74) is 2.92. The fourth-order valence-corrected chi connectivity index (χ4v) is 2.92. The van der Waals surface area contributed by atoms with Gasteiger partial charge in [0, 0.05) is 22.4 Å². The molecule has 0 aromatic heterocycles. The van der Waals surface area contributed by atoms with Crippen LogP contribution in [0.5, 0.6) is 11.5 Å². The lowest BCUT2D eigenvalue weighted by Gasteiger charge is -2.11. The van der Waals surface area contributed by atoms with Crippen molar-refractivity contribution in [3.63, 3.8) is 0 Å². The second kappa shape index (κ2) is 7.95. The maximum Gasteiger partial charge on any atom is 0.337 e. The average Bonchev–Trinajstić information content (AvgIpc) is 2.98. The summed E-state index contributed by atoms with van der Waals surface area (Å²) in [6.45, 7) is 4.87. The van der Waals surface area contributed by atoms with E-state index in [4.69, 9.17) is 14.2 Å². The van der Waals surface area contributed by atoms with E-state index in [2.05, 4.69) is 5.32 Å². The Balaban J connectivity index is 2.04. The molecule has 0 saturated carbocycles. The van der Waals surface area contributed by atoms with Crippen molar-refractivity contribution in [2.45, 2.75) is 13.8 Å². The Morgan fingerprint density at radius 3 is 2.56 bits per heavy atom. The summed E-state index contributed by atoms with van der Waals surface area (Å²) in [4.78, 5) is 24.2. The molecular weight excluding hydrogens is 346 g/mol. The molecule has 0 radical (unpaired) electrons. The van der Waals surface area contributed by atoms with Gasteiger partial charge in [-0.1, -0.05) is 6.07 Å². The Kier molecular flexibility index (Phi) is 5.45. The molecule has 1 N–H and O–H groups in total. The van der Waals surface area contributed by atoms with E-state index in [1.165, 1.54) is 7.11 Å². The molecule has 140 valence electrons. The van der Waals surface area contributed by atoms with Gasteiger partial charge in [-0.05, 0) is 50.3 Å². The maximum absolute atomic E-state index is 12.5. The zero-order chi connectivity index (χ0) is 19.4. The van der Waals surface area contributed by atoms with Crippen molar-refractivity contribution < 1.29 is 23.8 Å². The summed E-state index contributed by atoms with van der Waals surface area (Å²) in [6, 6.07) is 10.5. The van der Waals surface area contributed by atoms with E-state index in [1.807, 2.05) is 32.0 Å². The fraction of sp³-hybridized carbons (Fsp3) is 0.238. The molecule has 27 heavy (non-hydrogen) atoms. The lowest BCUT2D eigenvalue weighted by molar-refractivity contribution is -0.110. The van der Waals surface area contributed by atoms with Crippen molar-refractivity contribution in [1.29, 1.82) is 0 Å². The number of hydrogen-bond acceptors (Lipinski definition) is 5. The Bertz CT molecular complexity index is 917. The zero-order valence-electron chi connectivity index (χ0n) is 15.5. The highest BCUT2D eigenvalue weighted by atomic mass is 16.5. The predicted molar refractivity (Wildman–Crippen MR) is 103 cm³/mol. The van der Waals surface area contributed by atoms with Crippen molar-refractivity contribution in [3.05, 3.63) is 53.1 Å². The summed E-state index contributed by atoms with van der Waals surface area (Å²) in [5.74, 6) is 0.678. The summed E-state index contributed by atoms with van der Waals surface area (Å²) in [6.07, 6.45) is 1.77. The number of benzene rings is 2. The first kappa shape index (κ1) is 18.5. The monoisotopic (exact) mass is 367 g/mol. The molecule has 6 nitrogen and oxygen atoms in total. The number of fused-ring (bicyclic) bond motifs is 1. The third-order valence-electron chi connectivity index (χ3n) is 4.12. The molecule has 0 fully saturated rings. The molecule has 0 bridgehead atoms. The van der Waals surface area contributed by atoms with Crippen LogP contribution in [-0.2, 0) is 9.53 Å². The lowest BCUT2D eigenvalue weighted by atomic mass is 10.0. The zero-order valence-corrected chi connectivity index (χ0v) is 15.5. The standard InChI is InChI=1S/C21H21NO5/c1-4-26-15-7-9-19(27-5-2)14(10-15)11-17-16-8-6-13(21(24)25-3)12-18(16)22-20(17)23/h6-12H,4-5H2,1-3H3,(H,22,23)/b17-11+. The summed E-state index contributed by atoms with van der Waals surface area (Å²) in [7, 11) is 1.32. The minimum Gasteiger partial charge on any atom is -0.494 e. The number of esters is 1. The van der Waals surface area contributed by atoms with Crippen LogP contribution in [0.4, 0.5) is 5.69 Å². The van der Waals surface area contributed by atoms with Crippen LogP contribution in [0.25, 0.3) is 11.6 Å². The SMILES string of the molecule is CCOc1ccc(OCC)c(/C=C2/C(=O)Nc3cc(C(=O)OC)ccc32)c1. The van der Waals surface area contributed by atoms with Crippen molar-refractivity contribution >= 4 is 29.2 Å². The summed E-state index contributed by atoms with van der Waals surface area (Å²) >= 11 is 0. The number of methoxy groups -OCH3 is 1. The highest BCUT2D eigenvalue weighted by Crippen LogP contribution is 2.36. The van der Waals surface area contributed by atoms with Gasteiger partial charge in [0.1, 0.15) is 11.5 Å². The third kappa shape index (κ3) is 3.79. The van der Waals surface area contributed by atoms with E-state index >= 15 is 0 Å². The van der Waals surface area contributed by atoms with Crippen LogP contribution in [0.1, 0.15) is 35.3 Å². The molecular formula is C21H21NO5. The number of ether oxygens (including phenoxy) is 3. The van der Waals surface area contributed by atoms with Gasteiger partial charge < -0.3 is 19.5 Å². The molecule has 2 aromatic carbocycles. The Labute approximate surface area is 157 Å². The van der Waals surface area contributed by atoms with Crippen molar-refractivity contribution in [2.24, 2.45) is 0 Å². The predicted octanol–water partition coefficient (Wildman–Crippen LogP) is 3.76. The van der Waals surface area contributed by atoms with Gasteiger partial charge in [0.25, 0.3) is 5.91 Å². The van der Waals surface area contributed by atoms with Gasteiger partial charge >= 0.3 is 5.97 Å². The molecule has 0 atom stereocenters. The van der Waals surface area contributed by atoms with Crippen LogP contribution in [-0.4, -0.2) is 32.2 Å². The van der Waals surface area contributed by atoms with E-state index < -0.39 is 5.97 Å². The largest absolute Gasteiger partial charge is 0.494 e. The molecule has 2 aromatic rings. The highest BCUT2D eigenvalue weighted by molar-refractivity contribution is 6.35. The van der Waals surface area contributed by atoms with Gasteiger partial charge in [-0.2, -0.15) is 0 Å².